The van der Waals surface area contributed by atoms with E-state index in [4.69, 9.17) is 0 Å². The highest BCUT2D eigenvalue weighted by Gasteiger charge is 2.30. The van der Waals surface area contributed by atoms with Crippen LogP contribution in [0.25, 0.3) is 0 Å². The minimum Gasteiger partial charge on any atom is -0.481 e. The van der Waals surface area contributed by atoms with Crippen LogP contribution < -0.4 is 15.0 Å². The van der Waals surface area contributed by atoms with E-state index < -0.39 is 18.6 Å². The number of ether oxygens (including phenoxy) is 1. The first-order valence-electron chi connectivity index (χ1n) is 11.5. The Morgan fingerprint density at radius 2 is 1.82 bits per heavy atom. The lowest BCUT2D eigenvalue weighted by atomic mass is 9.81. The molecule has 184 valence electrons. The van der Waals surface area contributed by atoms with Gasteiger partial charge in [-0.1, -0.05) is 32.0 Å². The summed E-state index contributed by atoms with van der Waals surface area (Å²) in [5.74, 6) is -1.21. The van der Waals surface area contributed by atoms with E-state index in [9.17, 15) is 23.5 Å². The molecular weight excluding hydrogens is 444 g/mol. The molecule has 1 fully saturated rings. The minimum atomic E-state index is -3.08. The maximum atomic E-state index is 13.5. The van der Waals surface area contributed by atoms with Crippen LogP contribution in [0.5, 0.6) is 5.88 Å². The van der Waals surface area contributed by atoms with Gasteiger partial charge in [0.25, 0.3) is 0 Å². The minimum absolute atomic E-state index is 0.0533. The summed E-state index contributed by atoms with van der Waals surface area (Å²) < 4.78 is 30.3. The standard InChI is InChI=1S/C25H31F2N3O4/c1-15(2)19-6-4-5-7-21(19)30(14-17-9-11-18(12-10-17)23(31)32)25(33)29-20-13-8-16(3)28-22(20)34-24(26)27/h4-8,13,15,17-18,24H,9-12,14H2,1-3H3,(H,29,33)(H,31,32). The number of anilines is 2. The highest BCUT2D eigenvalue weighted by atomic mass is 19.3. The van der Waals surface area contributed by atoms with Gasteiger partial charge in [0.1, 0.15) is 5.69 Å². The number of halogens is 2. The Labute approximate surface area is 198 Å². The van der Waals surface area contributed by atoms with Crippen LogP contribution in [-0.2, 0) is 4.79 Å². The highest BCUT2D eigenvalue weighted by Crippen LogP contribution is 2.34. The number of aryl methyl sites for hydroxylation is 1. The zero-order chi connectivity index (χ0) is 24.8. The largest absolute Gasteiger partial charge is 0.481 e. The molecule has 2 aromatic rings. The number of aromatic nitrogens is 1. The van der Waals surface area contributed by atoms with Gasteiger partial charge < -0.3 is 15.2 Å². The van der Waals surface area contributed by atoms with E-state index in [0.29, 0.717) is 37.9 Å². The SMILES string of the molecule is Cc1ccc(NC(=O)N(CC2CCC(C(=O)O)CC2)c2ccccc2C(C)C)c(OC(F)F)n1. The summed E-state index contributed by atoms with van der Waals surface area (Å²) in [4.78, 5) is 30.4. The quantitative estimate of drug-likeness (QED) is 0.485. The molecule has 0 saturated heterocycles. The van der Waals surface area contributed by atoms with Crippen molar-refractivity contribution < 1.29 is 28.2 Å². The normalized spacial score (nSPS) is 18.1. The van der Waals surface area contributed by atoms with Gasteiger partial charge in [0, 0.05) is 17.9 Å². The second kappa shape index (κ2) is 11.3. The summed E-state index contributed by atoms with van der Waals surface area (Å²) in [5, 5.41) is 12.0. The molecule has 1 aliphatic rings. The Bertz CT molecular complexity index is 1010. The average molecular weight is 476 g/mol. The van der Waals surface area contributed by atoms with Crippen molar-refractivity contribution in [2.24, 2.45) is 11.8 Å². The van der Waals surface area contributed by atoms with Gasteiger partial charge >= 0.3 is 18.6 Å². The first-order valence-corrected chi connectivity index (χ1v) is 11.5. The fraction of sp³-hybridized carbons (Fsp3) is 0.480. The molecule has 7 nitrogen and oxygen atoms in total. The van der Waals surface area contributed by atoms with Crippen molar-refractivity contribution in [2.75, 3.05) is 16.8 Å². The Hall–Kier alpha value is -3.23. The summed E-state index contributed by atoms with van der Waals surface area (Å²) in [7, 11) is 0. The number of carbonyl (C=O) groups excluding carboxylic acids is 1. The maximum Gasteiger partial charge on any atom is 0.388 e. The van der Waals surface area contributed by atoms with Crippen molar-refractivity contribution in [3.63, 3.8) is 0 Å². The van der Waals surface area contributed by atoms with Gasteiger partial charge in [-0.2, -0.15) is 8.78 Å². The predicted octanol–water partition coefficient (Wildman–Crippen LogP) is 6.04. The number of aliphatic carboxylic acids is 1. The lowest BCUT2D eigenvalue weighted by Gasteiger charge is -2.33. The second-order valence-corrected chi connectivity index (χ2v) is 8.99. The lowest BCUT2D eigenvalue weighted by Crippen LogP contribution is -2.40. The molecular formula is C25H31F2N3O4. The van der Waals surface area contributed by atoms with Gasteiger partial charge in [-0.3, -0.25) is 9.69 Å². The Morgan fingerprint density at radius 1 is 1.15 bits per heavy atom. The van der Waals surface area contributed by atoms with Crippen LogP contribution in [0.2, 0.25) is 0 Å². The van der Waals surface area contributed by atoms with Gasteiger partial charge in [-0.05, 0) is 68.2 Å². The third-order valence-electron chi connectivity index (χ3n) is 6.17. The van der Waals surface area contributed by atoms with Gasteiger partial charge in [0.15, 0.2) is 0 Å². The van der Waals surface area contributed by atoms with Gasteiger partial charge in [-0.15, -0.1) is 0 Å². The number of nitrogens with one attached hydrogen (secondary N) is 1. The number of rotatable bonds is 8. The number of hydrogen-bond donors (Lipinski definition) is 2. The first-order chi connectivity index (χ1) is 16.2. The number of hydrogen-bond acceptors (Lipinski definition) is 4. The van der Waals surface area contributed by atoms with E-state index >= 15 is 0 Å². The molecule has 1 heterocycles. The number of nitrogens with zero attached hydrogens (tertiary/aromatic N) is 2. The number of alkyl halides is 2. The van der Waals surface area contributed by atoms with Crippen LogP contribution in [-0.4, -0.2) is 35.2 Å². The number of para-hydroxylation sites is 1. The van der Waals surface area contributed by atoms with Crippen LogP contribution in [0.15, 0.2) is 36.4 Å². The van der Waals surface area contributed by atoms with Crippen molar-refractivity contribution in [1.82, 2.24) is 4.98 Å². The fourth-order valence-corrected chi connectivity index (χ4v) is 4.35. The molecule has 0 radical (unpaired) electrons. The van der Waals surface area contributed by atoms with Crippen LogP contribution in [0.4, 0.5) is 25.0 Å². The topological polar surface area (TPSA) is 91.8 Å². The molecule has 0 spiro atoms. The molecule has 9 heteroatoms. The summed E-state index contributed by atoms with van der Waals surface area (Å²) >= 11 is 0. The first kappa shape index (κ1) is 25.4. The molecule has 1 aromatic carbocycles. The maximum absolute atomic E-state index is 13.5. The summed E-state index contributed by atoms with van der Waals surface area (Å²) in [6, 6.07) is 10.2. The van der Waals surface area contributed by atoms with Crippen LogP contribution >= 0.6 is 0 Å². The second-order valence-electron chi connectivity index (χ2n) is 8.99. The number of amides is 2. The van der Waals surface area contributed by atoms with Crippen LogP contribution in [0.3, 0.4) is 0 Å². The fourth-order valence-electron chi connectivity index (χ4n) is 4.35. The van der Waals surface area contributed by atoms with Crippen molar-refractivity contribution in [2.45, 2.75) is 59.0 Å². The lowest BCUT2D eigenvalue weighted by molar-refractivity contribution is -0.143. The number of benzene rings is 1. The van der Waals surface area contributed by atoms with Crippen molar-refractivity contribution in [1.29, 1.82) is 0 Å². The molecule has 2 amide bonds. The zero-order valence-electron chi connectivity index (χ0n) is 19.6. The van der Waals surface area contributed by atoms with E-state index in [0.717, 1.165) is 11.3 Å². The summed E-state index contributed by atoms with van der Waals surface area (Å²) in [5.41, 5.74) is 2.23. The van der Waals surface area contributed by atoms with Crippen LogP contribution in [0, 0.1) is 18.8 Å². The molecule has 1 aliphatic carbocycles. The van der Waals surface area contributed by atoms with Crippen molar-refractivity contribution in [3.8, 4) is 5.88 Å². The van der Waals surface area contributed by atoms with E-state index in [2.05, 4.69) is 15.0 Å². The van der Waals surface area contributed by atoms with Gasteiger partial charge in [0.05, 0.1) is 5.92 Å². The van der Waals surface area contributed by atoms with Crippen LogP contribution in [0.1, 0.15) is 56.7 Å². The Morgan fingerprint density at radius 3 is 2.44 bits per heavy atom. The predicted molar refractivity (Wildman–Crippen MR) is 126 cm³/mol. The third kappa shape index (κ3) is 6.42. The van der Waals surface area contributed by atoms with E-state index in [-0.39, 0.29) is 29.3 Å². The summed E-state index contributed by atoms with van der Waals surface area (Å²) in [6.45, 7) is 3.01. The van der Waals surface area contributed by atoms with E-state index in [1.54, 1.807) is 17.9 Å². The van der Waals surface area contributed by atoms with Crippen molar-refractivity contribution >= 4 is 23.4 Å². The monoisotopic (exact) mass is 475 g/mol. The molecule has 3 rings (SSSR count). The molecule has 34 heavy (non-hydrogen) atoms. The highest BCUT2D eigenvalue weighted by molar-refractivity contribution is 6.03. The summed E-state index contributed by atoms with van der Waals surface area (Å²) in [6.07, 6.45) is 2.51. The number of carboxylic acid groups (broad SMARTS) is 1. The molecule has 0 aliphatic heterocycles. The molecule has 1 saturated carbocycles. The molecule has 1 aromatic heterocycles. The van der Waals surface area contributed by atoms with E-state index in [1.807, 2.05) is 38.1 Å². The Balaban J connectivity index is 1.89. The molecule has 0 atom stereocenters. The molecule has 0 unspecified atom stereocenters. The number of pyridine rings is 1. The molecule has 2 N–H and O–H groups in total. The van der Waals surface area contributed by atoms with E-state index in [1.165, 1.54) is 6.07 Å². The van der Waals surface area contributed by atoms with Gasteiger partial charge in [-0.25, -0.2) is 9.78 Å². The third-order valence-corrected chi connectivity index (χ3v) is 6.17. The van der Waals surface area contributed by atoms with Gasteiger partial charge in [0.2, 0.25) is 5.88 Å². The number of carboxylic acids is 1. The molecule has 0 bridgehead atoms. The van der Waals surface area contributed by atoms with Crippen molar-refractivity contribution in [3.05, 3.63) is 47.7 Å². The number of urea groups is 1. The smallest absolute Gasteiger partial charge is 0.388 e. The average Bonchev–Trinajstić information content (AvgIpc) is 2.79. The zero-order valence-corrected chi connectivity index (χ0v) is 19.6. The Kier molecular flexibility index (Phi) is 8.41. The number of carbonyl (C=O) groups is 2.